The third-order valence-electron chi connectivity index (χ3n) is 5.44. The number of aromatic amines is 1. The van der Waals surface area contributed by atoms with Gasteiger partial charge in [-0.2, -0.15) is 5.10 Å². The number of piperazine rings is 1. The summed E-state index contributed by atoms with van der Waals surface area (Å²) in [6.45, 7) is 2.54. The maximum atomic E-state index is 12.9. The van der Waals surface area contributed by atoms with Gasteiger partial charge in [0.15, 0.2) is 5.82 Å². The molecule has 3 N–H and O–H groups in total. The van der Waals surface area contributed by atoms with Gasteiger partial charge in [-0.3, -0.25) is 9.89 Å². The summed E-state index contributed by atoms with van der Waals surface area (Å²) in [5.74, 6) is 0.351. The summed E-state index contributed by atoms with van der Waals surface area (Å²) < 4.78 is 12.9. The zero-order valence-corrected chi connectivity index (χ0v) is 18.6. The van der Waals surface area contributed by atoms with Crippen molar-refractivity contribution in [1.82, 2.24) is 25.7 Å². The summed E-state index contributed by atoms with van der Waals surface area (Å²) in [5, 5.41) is 13.3. The molecule has 1 aliphatic rings. The third kappa shape index (κ3) is 6.01. The van der Waals surface area contributed by atoms with Crippen molar-refractivity contribution in [2.45, 2.75) is 6.54 Å². The van der Waals surface area contributed by atoms with Crippen LogP contribution in [0.3, 0.4) is 0 Å². The van der Waals surface area contributed by atoms with E-state index in [1.54, 1.807) is 17.0 Å². The highest BCUT2D eigenvalue weighted by Gasteiger charge is 2.23. The second-order valence-electron chi connectivity index (χ2n) is 7.68. The van der Waals surface area contributed by atoms with Gasteiger partial charge in [0.05, 0.1) is 12.2 Å². The standard InChI is InChI=1S/C23H24ClFN6O2/c24-18-5-3-17(4-6-18)20-13-21(29-28-20)30-9-11-31(12-10-30)22(32)15-27-23(33)26-14-16-1-7-19(25)8-2-16/h1-8,13H,9-12,14-15H2,(H,28,29)(H2,26,27,33). The Balaban J connectivity index is 1.20. The van der Waals surface area contributed by atoms with Gasteiger partial charge >= 0.3 is 6.03 Å². The van der Waals surface area contributed by atoms with Crippen LogP contribution in [0.1, 0.15) is 5.56 Å². The highest BCUT2D eigenvalue weighted by molar-refractivity contribution is 6.30. The van der Waals surface area contributed by atoms with Crippen molar-refractivity contribution in [2.24, 2.45) is 0 Å². The Morgan fingerprint density at radius 3 is 2.39 bits per heavy atom. The molecule has 172 valence electrons. The largest absolute Gasteiger partial charge is 0.352 e. The topological polar surface area (TPSA) is 93.4 Å². The fourth-order valence-electron chi connectivity index (χ4n) is 3.55. The van der Waals surface area contributed by atoms with E-state index in [0.717, 1.165) is 22.6 Å². The Hall–Kier alpha value is -3.59. The highest BCUT2D eigenvalue weighted by Crippen LogP contribution is 2.24. The quantitative estimate of drug-likeness (QED) is 0.516. The smallest absolute Gasteiger partial charge is 0.315 e. The Morgan fingerprint density at radius 1 is 1.00 bits per heavy atom. The van der Waals surface area contributed by atoms with Crippen LogP contribution < -0.4 is 15.5 Å². The van der Waals surface area contributed by atoms with Crippen LogP contribution >= 0.6 is 11.6 Å². The number of rotatable bonds is 6. The van der Waals surface area contributed by atoms with Crippen LogP contribution in [0.2, 0.25) is 5.02 Å². The summed E-state index contributed by atoms with van der Waals surface area (Å²) in [4.78, 5) is 28.3. The van der Waals surface area contributed by atoms with E-state index >= 15 is 0 Å². The number of urea groups is 1. The van der Waals surface area contributed by atoms with Crippen LogP contribution in [0, 0.1) is 5.82 Å². The minimum Gasteiger partial charge on any atom is -0.352 e. The van der Waals surface area contributed by atoms with Crippen molar-refractivity contribution >= 4 is 29.4 Å². The zero-order chi connectivity index (χ0) is 23.2. The van der Waals surface area contributed by atoms with Crippen LogP contribution in [0.5, 0.6) is 0 Å². The molecule has 8 nitrogen and oxygen atoms in total. The first-order valence-electron chi connectivity index (χ1n) is 10.6. The molecule has 0 radical (unpaired) electrons. The molecule has 0 spiro atoms. The maximum Gasteiger partial charge on any atom is 0.315 e. The van der Waals surface area contributed by atoms with Crippen molar-refractivity contribution in [2.75, 3.05) is 37.6 Å². The number of aromatic nitrogens is 2. The first kappa shape index (κ1) is 22.6. The van der Waals surface area contributed by atoms with E-state index in [1.807, 2.05) is 30.3 Å². The average Bonchev–Trinajstić information content (AvgIpc) is 3.33. The maximum absolute atomic E-state index is 12.9. The fraction of sp³-hybridized carbons (Fsp3) is 0.261. The van der Waals surface area contributed by atoms with E-state index in [-0.39, 0.29) is 24.8 Å². The molecule has 2 aromatic carbocycles. The summed E-state index contributed by atoms with van der Waals surface area (Å²) in [6.07, 6.45) is 0. The molecule has 1 aromatic heterocycles. The Morgan fingerprint density at radius 2 is 1.70 bits per heavy atom. The monoisotopic (exact) mass is 470 g/mol. The number of carbonyl (C=O) groups is 2. The number of carbonyl (C=O) groups excluding carboxylic acids is 2. The predicted molar refractivity (Wildman–Crippen MR) is 124 cm³/mol. The zero-order valence-electron chi connectivity index (χ0n) is 17.9. The molecule has 0 unspecified atom stereocenters. The predicted octanol–water partition coefficient (Wildman–Crippen LogP) is 3.02. The lowest BCUT2D eigenvalue weighted by Crippen LogP contribution is -2.52. The van der Waals surface area contributed by atoms with Gasteiger partial charge in [-0.15, -0.1) is 0 Å². The van der Waals surface area contributed by atoms with Gasteiger partial charge in [0.2, 0.25) is 5.91 Å². The molecule has 3 amide bonds. The van der Waals surface area contributed by atoms with Crippen molar-refractivity contribution in [3.8, 4) is 11.3 Å². The number of hydrogen-bond acceptors (Lipinski definition) is 4. The number of anilines is 1. The Labute approximate surface area is 195 Å². The van der Waals surface area contributed by atoms with Gasteiger partial charge in [-0.1, -0.05) is 35.9 Å². The molecule has 2 heterocycles. The van der Waals surface area contributed by atoms with E-state index in [0.29, 0.717) is 31.2 Å². The molecule has 33 heavy (non-hydrogen) atoms. The molecule has 1 aliphatic heterocycles. The first-order valence-corrected chi connectivity index (χ1v) is 11.0. The Kier molecular flexibility index (Phi) is 7.09. The normalized spacial score (nSPS) is 13.6. The van der Waals surface area contributed by atoms with Gasteiger partial charge in [0.1, 0.15) is 5.82 Å². The van der Waals surface area contributed by atoms with E-state index in [4.69, 9.17) is 11.6 Å². The molecule has 0 atom stereocenters. The van der Waals surface area contributed by atoms with E-state index in [2.05, 4.69) is 25.7 Å². The summed E-state index contributed by atoms with van der Waals surface area (Å²) >= 11 is 5.95. The molecule has 1 fully saturated rings. The highest BCUT2D eigenvalue weighted by atomic mass is 35.5. The minimum absolute atomic E-state index is 0.0849. The fourth-order valence-corrected chi connectivity index (χ4v) is 3.68. The average molecular weight is 471 g/mol. The summed E-state index contributed by atoms with van der Waals surface area (Å²) in [7, 11) is 0. The second kappa shape index (κ2) is 10.4. The van der Waals surface area contributed by atoms with E-state index in [9.17, 15) is 14.0 Å². The molecule has 0 bridgehead atoms. The van der Waals surface area contributed by atoms with Gasteiger partial charge in [0.25, 0.3) is 0 Å². The van der Waals surface area contributed by atoms with Crippen LogP contribution in [0.4, 0.5) is 15.0 Å². The van der Waals surface area contributed by atoms with Gasteiger partial charge in [0, 0.05) is 43.8 Å². The second-order valence-corrected chi connectivity index (χ2v) is 8.11. The van der Waals surface area contributed by atoms with Gasteiger partial charge in [-0.25, -0.2) is 9.18 Å². The number of nitrogens with one attached hydrogen (secondary N) is 3. The van der Waals surface area contributed by atoms with Gasteiger partial charge in [-0.05, 0) is 35.4 Å². The number of benzene rings is 2. The number of H-pyrrole nitrogens is 1. The van der Waals surface area contributed by atoms with Crippen LogP contribution in [-0.2, 0) is 11.3 Å². The molecule has 3 aromatic rings. The molecule has 10 heteroatoms. The number of halogens is 2. The third-order valence-corrected chi connectivity index (χ3v) is 5.69. The molecular formula is C23H24ClFN6O2. The molecular weight excluding hydrogens is 447 g/mol. The van der Waals surface area contributed by atoms with Crippen LogP contribution in [0.15, 0.2) is 54.6 Å². The van der Waals surface area contributed by atoms with Crippen molar-refractivity contribution < 1.29 is 14.0 Å². The first-order chi connectivity index (χ1) is 16.0. The molecule has 4 rings (SSSR count). The Bertz CT molecular complexity index is 1090. The van der Waals surface area contributed by atoms with E-state index in [1.165, 1.54) is 12.1 Å². The van der Waals surface area contributed by atoms with Crippen molar-refractivity contribution in [3.05, 3.63) is 71.0 Å². The summed E-state index contributed by atoms with van der Waals surface area (Å²) in [6, 6.07) is 14.9. The molecule has 0 saturated carbocycles. The van der Waals surface area contributed by atoms with Crippen LogP contribution in [-0.4, -0.2) is 59.8 Å². The lowest BCUT2D eigenvalue weighted by atomic mass is 10.1. The molecule has 1 saturated heterocycles. The minimum atomic E-state index is -0.447. The summed E-state index contributed by atoms with van der Waals surface area (Å²) in [5.41, 5.74) is 2.67. The van der Waals surface area contributed by atoms with E-state index < -0.39 is 6.03 Å². The lowest BCUT2D eigenvalue weighted by molar-refractivity contribution is -0.130. The number of amides is 3. The van der Waals surface area contributed by atoms with Crippen LogP contribution in [0.25, 0.3) is 11.3 Å². The van der Waals surface area contributed by atoms with Gasteiger partial charge < -0.3 is 20.4 Å². The number of nitrogens with zero attached hydrogens (tertiary/aromatic N) is 3. The number of hydrogen-bond donors (Lipinski definition) is 3. The molecule has 0 aliphatic carbocycles. The van der Waals surface area contributed by atoms with Crippen molar-refractivity contribution in [1.29, 1.82) is 0 Å². The SMILES string of the molecule is O=C(NCC(=O)N1CCN(c2cc(-c3ccc(Cl)cc3)[nH]n2)CC1)NCc1ccc(F)cc1. The lowest BCUT2D eigenvalue weighted by Gasteiger charge is -2.34. The van der Waals surface area contributed by atoms with Crippen molar-refractivity contribution in [3.63, 3.8) is 0 Å².